The van der Waals surface area contributed by atoms with E-state index >= 15 is 0 Å². The van der Waals surface area contributed by atoms with E-state index in [0.29, 0.717) is 35.5 Å². The Bertz CT molecular complexity index is 1130. The van der Waals surface area contributed by atoms with E-state index in [1.165, 1.54) is 12.4 Å². The number of rotatable bonds is 8. The van der Waals surface area contributed by atoms with Crippen molar-refractivity contribution in [2.45, 2.75) is 19.9 Å². The number of likely N-dealkylation sites (N-methyl/N-ethyl adjacent to an activating group) is 1. The third kappa shape index (κ3) is 5.18. The molecule has 1 aromatic carbocycles. The molecule has 164 valence electrons. The number of fused-ring (bicyclic) bond motifs is 1. The van der Waals surface area contributed by atoms with Gasteiger partial charge in [-0.25, -0.2) is 14.4 Å². The highest BCUT2D eigenvalue weighted by Gasteiger charge is 2.21. The van der Waals surface area contributed by atoms with Crippen LogP contribution in [0.1, 0.15) is 35.5 Å². The average molecular weight is 446 g/mol. The number of aromatic amines is 1. The van der Waals surface area contributed by atoms with Crippen LogP contribution in [0.2, 0.25) is 5.02 Å². The first-order valence-electron chi connectivity index (χ1n) is 9.79. The fourth-order valence-electron chi connectivity index (χ4n) is 3.03. The molecule has 8 nitrogen and oxygen atoms in total. The molecular formula is C21H25ClFN7O. The molecule has 0 aliphatic heterocycles. The highest BCUT2D eigenvalue weighted by Crippen LogP contribution is 2.27. The van der Waals surface area contributed by atoms with E-state index in [-0.39, 0.29) is 33.9 Å². The second-order valence-corrected chi connectivity index (χ2v) is 8.13. The molecular weight excluding hydrogens is 421 g/mol. The van der Waals surface area contributed by atoms with Crippen molar-refractivity contribution in [3.8, 4) is 0 Å². The van der Waals surface area contributed by atoms with Gasteiger partial charge in [0.1, 0.15) is 17.0 Å². The Morgan fingerprint density at radius 1 is 1.35 bits per heavy atom. The molecule has 0 fully saturated rings. The van der Waals surface area contributed by atoms with Gasteiger partial charge >= 0.3 is 0 Å². The number of hydrogen-bond donors (Lipinski definition) is 4. The molecule has 3 rings (SSSR count). The molecule has 0 unspecified atom stereocenters. The third-order valence-corrected chi connectivity index (χ3v) is 4.70. The van der Waals surface area contributed by atoms with Crippen molar-refractivity contribution < 1.29 is 9.18 Å². The SMILES string of the molecule is CC(C)NC(=O)c1c[nH]c2ncc(C(=N)c3c(F)cc(Cl)cc3NCCN(C)C)nc12. The van der Waals surface area contributed by atoms with Gasteiger partial charge in [-0.2, -0.15) is 0 Å². The minimum Gasteiger partial charge on any atom is -0.383 e. The maximum absolute atomic E-state index is 14.8. The second kappa shape index (κ2) is 9.40. The Hall–Kier alpha value is -3.04. The van der Waals surface area contributed by atoms with Gasteiger partial charge in [0.2, 0.25) is 0 Å². The van der Waals surface area contributed by atoms with E-state index in [0.717, 1.165) is 6.07 Å². The Kier molecular flexibility index (Phi) is 6.87. The number of H-pyrrole nitrogens is 1. The summed E-state index contributed by atoms with van der Waals surface area (Å²) in [6.07, 6.45) is 2.90. The first-order chi connectivity index (χ1) is 14.7. The maximum atomic E-state index is 14.8. The number of aromatic nitrogens is 3. The summed E-state index contributed by atoms with van der Waals surface area (Å²) in [4.78, 5) is 26.0. The number of hydrogen-bond acceptors (Lipinski definition) is 6. The molecule has 0 radical (unpaired) electrons. The predicted octanol–water partition coefficient (Wildman–Crippen LogP) is 3.28. The quantitative estimate of drug-likeness (QED) is 0.398. The molecule has 0 atom stereocenters. The van der Waals surface area contributed by atoms with Crippen molar-refractivity contribution in [1.29, 1.82) is 5.41 Å². The summed E-state index contributed by atoms with van der Waals surface area (Å²) in [7, 11) is 3.86. The molecule has 2 heterocycles. The summed E-state index contributed by atoms with van der Waals surface area (Å²) >= 11 is 6.04. The van der Waals surface area contributed by atoms with Gasteiger partial charge in [-0.3, -0.25) is 10.2 Å². The fourth-order valence-corrected chi connectivity index (χ4v) is 3.24. The van der Waals surface area contributed by atoms with Gasteiger partial charge in [0, 0.05) is 36.0 Å². The van der Waals surface area contributed by atoms with Gasteiger partial charge in [0.15, 0.2) is 5.65 Å². The van der Waals surface area contributed by atoms with E-state index in [4.69, 9.17) is 17.0 Å². The molecule has 0 saturated carbocycles. The molecule has 0 saturated heterocycles. The minimum atomic E-state index is -0.640. The Morgan fingerprint density at radius 2 is 2.10 bits per heavy atom. The number of carbonyl (C=O) groups excluding carboxylic acids is 1. The van der Waals surface area contributed by atoms with Crippen LogP contribution in [-0.2, 0) is 0 Å². The number of nitrogens with zero attached hydrogens (tertiary/aromatic N) is 3. The van der Waals surface area contributed by atoms with E-state index in [1.54, 1.807) is 6.07 Å². The number of halogens is 2. The summed E-state index contributed by atoms with van der Waals surface area (Å²) < 4.78 is 14.8. The molecule has 0 bridgehead atoms. The van der Waals surface area contributed by atoms with Crippen LogP contribution < -0.4 is 10.6 Å². The normalized spacial score (nSPS) is 11.4. The van der Waals surface area contributed by atoms with Crippen LogP contribution in [0, 0.1) is 11.2 Å². The molecule has 0 spiro atoms. The summed E-state index contributed by atoms with van der Waals surface area (Å²) in [5, 5.41) is 14.8. The highest BCUT2D eigenvalue weighted by molar-refractivity contribution is 6.31. The molecule has 4 N–H and O–H groups in total. The summed E-state index contributed by atoms with van der Waals surface area (Å²) in [5.41, 5.74) is 1.45. The van der Waals surface area contributed by atoms with E-state index in [2.05, 4.69) is 25.6 Å². The molecule has 31 heavy (non-hydrogen) atoms. The van der Waals surface area contributed by atoms with E-state index < -0.39 is 5.82 Å². The number of nitrogens with one attached hydrogen (secondary N) is 4. The maximum Gasteiger partial charge on any atom is 0.255 e. The van der Waals surface area contributed by atoms with Crippen molar-refractivity contribution in [2.24, 2.45) is 0 Å². The zero-order chi connectivity index (χ0) is 22.7. The van der Waals surface area contributed by atoms with Crippen molar-refractivity contribution in [2.75, 3.05) is 32.5 Å². The van der Waals surface area contributed by atoms with Gasteiger partial charge < -0.3 is 20.5 Å². The predicted molar refractivity (Wildman–Crippen MR) is 121 cm³/mol. The fraction of sp³-hybridized carbons (Fsp3) is 0.333. The van der Waals surface area contributed by atoms with Crippen LogP contribution in [0.25, 0.3) is 11.2 Å². The van der Waals surface area contributed by atoms with E-state index in [9.17, 15) is 9.18 Å². The lowest BCUT2D eigenvalue weighted by Crippen LogP contribution is -2.30. The lowest BCUT2D eigenvalue weighted by Gasteiger charge is -2.16. The summed E-state index contributed by atoms with van der Waals surface area (Å²) in [5.74, 6) is -0.943. The third-order valence-electron chi connectivity index (χ3n) is 4.48. The molecule has 10 heteroatoms. The van der Waals surface area contributed by atoms with Crippen LogP contribution >= 0.6 is 11.6 Å². The molecule has 0 aliphatic rings. The lowest BCUT2D eigenvalue weighted by atomic mass is 10.0. The Balaban J connectivity index is 2.00. The average Bonchev–Trinajstić information content (AvgIpc) is 3.09. The molecule has 3 aromatic rings. The van der Waals surface area contributed by atoms with Gasteiger partial charge in [0.25, 0.3) is 5.91 Å². The van der Waals surface area contributed by atoms with Crippen LogP contribution in [0.15, 0.2) is 24.5 Å². The standard InChI is InChI=1S/C21H25ClFN7O/c1-11(2)28-21(31)13-9-26-20-19(13)29-16(10-27-20)18(24)17-14(23)7-12(22)8-15(17)25-5-6-30(3)4/h7-11,24-25H,5-6H2,1-4H3,(H,26,27)(H,28,31). The zero-order valence-electron chi connectivity index (χ0n) is 17.8. The van der Waals surface area contributed by atoms with Gasteiger partial charge in [-0.15, -0.1) is 0 Å². The summed E-state index contributed by atoms with van der Waals surface area (Å²) in [6, 6.07) is 2.69. The van der Waals surface area contributed by atoms with Crippen LogP contribution in [0.4, 0.5) is 10.1 Å². The molecule has 0 aliphatic carbocycles. The number of anilines is 1. The highest BCUT2D eigenvalue weighted by atomic mass is 35.5. The van der Waals surface area contributed by atoms with Crippen molar-refractivity contribution in [1.82, 2.24) is 25.2 Å². The van der Waals surface area contributed by atoms with E-state index in [1.807, 2.05) is 32.8 Å². The van der Waals surface area contributed by atoms with Crippen LogP contribution in [0.3, 0.4) is 0 Å². The largest absolute Gasteiger partial charge is 0.383 e. The number of benzene rings is 1. The monoisotopic (exact) mass is 445 g/mol. The van der Waals surface area contributed by atoms with Crippen molar-refractivity contribution >= 4 is 40.1 Å². The number of carbonyl (C=O) groups is 1. The number of amides is 1. The Labute approximate surface area is 184 Å². The summed E-state index contributed by atoms with van der Waals surface area (Å²) in [6.45, 7) is 4.96. The van der Waals surface area contributed by atoms with Crippen LogP contribution in [-0.4, -0.2) is 64.7 Å². The topological polar surface area (TPSA) is 110 Å². The smallest absolute Gasteiger partial charge is 0.255 e. The lowest BCUT2D eigenvalue weighted by molar-refractivity contribution is 0.0944. The van der Waals surface area contributed by atoms with Gasteiger partial charge in [-0.05, 0) is 40.1 Å². The van der Waals surface area contributed by atoms with Crippen molar-refractivity contribution in [3.63, 3.8) is 0 Å². The van der Waals surface area contributed by atoms with Gasteiger partial charge in [0.05, 0.1) is 23.0 Å². The Morgan fingerprint density at radius 3 is 2.77 bits per heavy atom. The van der Waals surface area contributed by atoms with Crippen molar-refractivity contribution in [3.05, 3.63) is 52.2 Å². The molecule has 2 aromatic heterocycles. The molecule has 1 amide bonds. The minimum absolute atomic E-state index is 0.0422. The zero-order valence-corrected chi connectivity index (χ0v) is 18.6. The second-order valence-electron chi connectivity index (χ2n) is 7.70. The first kappa shape index (κ1) is 22.6. The first-order valence-corrected chi connectivity index (χ1v) is 10.2. The van der Waals surface area contributed by atoms with Crippen LogP contribution in [0.5, 0.6) is 0 Å². The van der Waals surface area contributed by atoms with Gasteiger partial charge in [-0.1, -0.05) is 11.6 Å².